The Bertz CT molecular complexity index is 1340. The van der Waals surface area contributed by atoms with Gasteiger partial charge >= 0.3 is 5.97 Å². The third-order valence-electron chi connectivity index (χ3n) is 5.33. The minimum atomic E-state index is -1.96. The lowest BCUT2D eigenvalue weighted by atomic mass is 9.76. The lowest BCUT2D eigenvalue weighted by Crippen LogP contribution is -2.35. The summed E-state index contributed by atoms with van der Waals surface area (Å²) in [5.74, 6) is -2.38. The van der Waals surface area contributed by atoms with E-state index < -0.39 is 23.1 Å². The largest absolute Gasteiger partial charge is 0.505 e. The number of halogens is 6. The van der Waals surface area contributed by atoms with Gasteiger partial charge in [-0.05, 0) is 12.1 Å². The fourth-order valence-electron chi connectivity index (χ4n) is 4.03. The number of carbonyl (C=O) groups is 1. The van der Waals surface area contributed by atoms with Crippen molar-refractivity contribution < 1.29 is 24.5 Å². The van der Waals surface area contributed by atoms with Gasteiger partial charge in [-0.25, -0.2) is 4.79 Å². The number of ether oxygens (including phenoxy) is 2. The molecule has 0 unspecified atom stereocenters. The van der Waals surface area contributed by atoms with Gasteiger partial charge in [-0.15, -0.1) is 0 Å². The summed E-state index contributed by atoms with van der Waals surface area (Å²) in [5, 5.41) is 18.9. The highest BCUT2D eigenvalue weighted by molar-refractivity contribution is 6.47. The van der Waals surface area contributed by atoms with Crippen LogP contribution in [-0.4, -0.2) is 16.2 Å². The zero-order valence-electron chi connectivity index (χ0n) is 15.2. The molecule has 2 aliphatic rings. The van der Waals surface area contributed by atoms with Gasteiger partial charge in [-0.3, -0.25) is 0 Å². The molecule has 0 radical (unpaired) electrons. The van der Waals surface area contributed by atoms with Gasteiger partial charge in [-0.2, -0.15) is 0 Å². The van der Waals surface area contributed by atoms with E-state index in [0.717, 1.165) is 0 Å². The Morgan fingerprint density at radius 3 is 1.75 bits per heavy atom. The Morgan fingerprint density at radius 1 is 0.750 bits per heavy atom. The number of rotatable bonds is 0. The molecule has 3 aromatic rings. The smallest absolute Gasteiger partial charge is 0.340 e. The summed E-state index contributed by atoms with van der Waals surface area (Å²) >= 11 is 38.2. The number of hydrogen-bond acceptors (Lipinski definition) is 6. The van der Waals surface area contributed by atoms with E-state index in [0.29, 0.717) is 0 Å². The highest BCUT2D eigenvalue weighted by Crippen LogP contribution is 2.67. The van der Waals surface area contributed by atoms with Gasteiger partial charge in [0.25, 0.3) is 0 Å². The van der Waals surface area contributed by atoms with Crippen molar-refractivity contribution in [2.45, 2.75) is 5.60 Å². The summed E-state index contributed by atoms with van der Waals surface area (Å²) < 4.78 is 11.7. The van der Waals surface area contributed by atoms with Crippen LogP contribution in [0, 0.1) is 0 Å². The maximum atomic E-state index is 13.0. The molecule has 0 aromatic heterocycles. The van der Waals surface area contributed by atoms with Gasteiger partial charge in [-0.1, -0.05) is 75.7 Å². The highest BCUT2D eigenvalue weighted by Gasteiger charge is 2.59. The van der Waals surface area contributed by atoms with E-state index in [2.05, 4.69) is 0 Å². The van der Waals surface area contributed by atoms with Crippen molar-refractivity contribution in [3.8, 4) is 23.0 Å². The average molecular weight is 554 g/mol. The first-order valence-corrected chi connectivity index (χ1v) is 10.9. The van der Waals surface area contributed by atoms with Crippen molar-refractivity contribution in [1.29, 1.82) is 0 Å². The van der Waals surface area contributed by atoms with Crippen LogP contribution in [0.25, 0.3) is 0 Å². The predicted octanol–water partition coefficient (Wildman–Crippen LogP) is 7.17. The van der Waals surface area contributed by atoms with Crippen molar-refractivity contribution in [3.63, 3.8) is 0 Å². The predicted molar refractivity (Wildman–Crippen MR) is 122 cm³/mol. The van der Waals surface area contributed by atoms with Crippen LogP contribution in [0.4, 0.5) is 5.69 Å². The summed E-state index contributed by atoms with van der Waals surface area (Å²) in [7, 11) is 0. The molecule has 4 N–H and O–H groups in total. The molecule has 12 heteroatoms. The number of benzene rings is 3. The molecule has 0 aliphatic carbocycles. The molecule has 32 heavy (non-hydrogen) atoms. The number of carbonyl (C=O) groups excluding carboxylic acids is 1. The van der Waals surface area contributed by atoms with E-state index in [1.54, 1.807) is 6.07 Å². The number of aromatic hydroxyl groups is 2. The van der Waals surface area contributed by atoms with Gasteiger partial charge in [0, 0.05) is 11.3 Å². The summed E-state index contributed by atoms with van der Waals surface area (Å²) in [6.45, 7) is 0. The highest BCUT2D eigenvalue weighted by atomic mass is 35.5. The zero-order valence-corrected chi connectivity index (χ0v) is 19.7. The van der Waals surface area contributed by atoms with Gasteiger partial charge in [0.2, 0.25) is 5.60 Å². The molecule has 164 valence electrons. The first kappa shape index (κ1) is 21.9. The quantitative estimate of drug-likeness (QED) is 0.155. The van der Waals surface area contributed by atoms with E-state index in [4.69, 9.17) is 84.8 Å². The van der Waals surface area contributed by atoms with Crippen molar-refractivity contribution in [2.24, 2.45) is 0 Å². The molecule has 0 saturated heterocycles. The van der Waals surface area contributed by atoms with E-state index in [1.807, 2.05) is 0 Å². The van der Waals surface area contributed by atoms with Gasteiger partial charge in [0.05, 0.1) is 26.7 Å². The minimum Gasteiger partial charge on any atom is -0.505 e. The second-order valence-corrected chi connectivity index (χ2v) is 9.20. The second-order valence-electron chi connectivity index (χ2n) is 6.93. The minimum absolute atomic E-state index is 0.0517. The first-order valence-electron chi connectivity index (χ1n) is 8.63. The molecule has 0 fully saturated rings. The standard InChI is InChI=1S/C20H7Cl6NO5/c21-9-7-17(13(25)15(28)11(9)23)31-18-8(10(22)12(24)16(29)14(18)26)20(7)6-4(19(30)32-20)2-1-3-5(6)27/h1-3,28-29H,27H2. The van der Waals surface area contributed by atoms with Crippen LogP contribution in [0.15, 0.2) is 18.2 Å². The molecular weight excluding hydrogens is 547 g/mol. The number of hydrogen-bond donors (Lipinski definition) is 3. The fraction of sp³-hybridized carbons (Fsp3) is 0.0500. The Hall–Kier alpha value is -1.93. The average Bonchev–Trinajstić information content (AvgIpc) is 3.06. The summed E-state index contributed by atoms with van der Waals surface area (Å²) in [6, 6.07) is 4.59. The molecule has 1 spiro atoms. The van der Waals surface area contributed by atoms with Crippen LogP contribution >= 0.6 is 69.6 Å². The van der Waals surface area contributed by atoms with Crippen molar-refractivity contribution in [3.05, 3.63) is 70.6 Å². The van der Waals surface area contributed by atoms with E-state index in [9.17, 15) is 15.0 Å². The van der Waals surface area contributed by atoms with Gasteiger partial charge in [0.15, 0.2) is 23.0 Å². The number of nitrogens with two attached hydrogens (primary N) is 1. The molecule has 0 amide bonds. The monoisotopic (exact) mass is 551 g/mol. The van der Waals surface area contributed by atoms with Crippen molar-refractivity contribution in [1.82, 2.24) is 0 Å². The molecule has 3 aromatic carbocycles. The summed E-state index contributed by atoms with van der Waals surface area (Å²) in [5.41, 5.74) is 4.62. The molecule has 0 atom stereocenters. The van der Waals surface area contributed by atoms with Crippen molar-refractivity contribution in [2.75, 3.05) is 5.73 Å². The molecule has 6 nitrogen and oxygen atoms in total. The maximum Gasteiger partial charge on any atom is 0.340 e. The number of esters is 1. The lowest BCUT2D eigenvalue weighted by molar-refractivity contribution is 0.0226. The van der Waals surface area contributed by atoms with Crippen LogP contribution in [0.1, 0.15) is 27.0 Å². The Morgan fingerprint density at radius 2 is 1.25 bits per heavy atom. The van der Waals surface area contributed by atoms with Crippen LogP contribution in [0.2, 0.25) is 30.1 Å². The second kappa shape index (κ2) is 7.03. The van der Waals surface area contributed by atoms with Crippen LogP contribution in [-0.2, 0) is 10.3 Å². The number of nitrogen functional groups attached to an aromatic ring is 1. The summed E-state index contributed by atoms with van der Waals surface area (Å²) in [4.78, 5) is 13.0. The molecule has 5 rings (SSSR count). The van der Waals surface area contributed by atoms with Crippen LogP contribution < -0.4 is 10.5 Å². The topological polar surface area (TPSA) is 102 Å². The normalized spacial score (nSPS) is 15.1. The SMILES string of the molecule is Nc1cccc2c1C1(OC2=O)c2c(Cl)c(Cl)c(O)c(Cl)c2Oc2c(Cl)c(O)c(Cl)c(Cl)c21. The number of phenols is 2. The molecule has 2 heterocycles. The molecule has 2 aliphatic heterocycles. The maximum absolute atomic E-state index is 13.0. The Labute approximate surface area is 209 Å². The van der Waals surface area contributed by atoms with Gasteiger partial charge in [0.1, 0.15) is 20.1 Å². The Balaban J connectivity index is 2.09. The fourth-order valence-corrected chi connectivity index (χ4v) is 5.58. The van der Waals surface area contributed by atoms with E-state index in [1.165, 1.54) is 12.1 Å². The third-order valence-corrected chi connectivity index (χ3v) is 7.72. The first-order chi connectivity index (χ1) is 15.0. The molecule has 0 bridgehead atoms. The van der Waals surface area contributed by atoms with E-state index >= 15 is 0 Å². The molecular formula is C20H7Cl6NO5. The van der Waals surface area contributed by atoms with Crippen LogP contribution in [0.5, 0.6) is 23.0 Å². The van der Waals surface area contributed by atoms with Gasteiger partial charge < -0.3 is 25.4 Å². The summed E-state index contributed by atoms with van der Waals surface area (Å²) in [6.07, 6.45) is 0. The Kier molecular flexibility index (Phi) is 4.81. The zero-order chi connectivity index (χ0) is 23.3. The number of anilines is 1. The lowest BCUT2D eigenvalue weighted by Gasteiger charge is -2.39. The number of phenolic OH excluding ortho intramolecular Hbond substituents is 2. The van der Waals surface area contributed by atoms with E-state index in [-0.39, 0.29) is 69.6 Å². The van der Waals surface area contributed by atoms with Crippen LogP contribution in [0.3, 0.4) is 0 Å². The number of fused-ring (bicyclic) bond motifs is 6. The third kappa shape index (κ3) is 2.48. The molecule has 0 saturated carbocycles. The van der Waals surface area contributed by atoms with Crippen molar-refractivity contribution >= 4 is 81.3 Å².